The van der Waals surface area contributed by atoms with Crippen LogP contribution in [0.3, 0.4) is 0 Å². The van der Waals surface area contributed by atoms with Crippen LogP contribution in [0, 0.1) is 5.82 Å². The van der Waals surface area contributed by atoms with Crippen molar-refractivity contribution < 1.29 is 9.13 Å². The summed E-state index contributed by atoms with van der Waals surface area (Å²) in [5.41, 5.74) is 6.62. The molecule has 1 unspecified atom stereocenters. The predicted octanol–water partition coefficient (Wildman–Crippen LogP) is 3.41. The molecule has 0 aromatic heterocycles. The fourth-order valence-corrected chi connectivity index (χ4v) is 2.95. The summed E-state index contributed by atoms with van der Waals surface area (Å²) in [5.74, 6) is 0.177. The average Bonchev–Trinajstić information content (AvgIpc) is 2.44. The summed E-state index contributed by atoms with van der Waals surface area (Å²) in [6, 6.07) is 4.45. The van der Waals surface area contributed by atoms with Crippen LogP contribution in [-0.2, 0) is 10.2 Å². The first kappa shape index (κ1) is 20.4. The van der Waals surface area contributed by atoms with Gasteiger partial charge in [0.2, 0.25) is 0 Å². The second-order valence-electron chi connectivity index (χ2n) is 6.31. The van der Waals surface area contributed by atoms with Crippen molar-refractivity contribution >= 4 is 41.5 Å². The summed E-state index contributed by atoms with van der Waals surface area (Å²) in [4.78, 5) is 6.53. The average molecular weight is 456 g/mol. The molecule has 2 N–H and O–H groups in total. The van der Waals surface area contributed by atoms with Gasteiger partial charge in [-0.15, -0.1) is 24.0 Å². The summed E-state index contributed by atoms with van der Waals surface area (Å²) in [6.07, 6.45) is 0.155. The Morgan fingerprint density at radius 1 is 1.52 bits per heavy atom. The molecule has 0 spiro atoms. The van der Waals surface area contributed by atoms with Gasteiger partial charge in [0.15, 0.2) is 5.96 Å². The molecule has 0 saturated carbocycles. The predicted molar refractivity (Wildman–Crippen MR) is 103 cm³/mol. The lowest BCUT2D eigenvalue weighted by Gasteiger charge is -2.32. The highest BCUT2D eigenvalue weighted by atomic mass is 127. The standard InChI is InChI=1S/C16H23ClFN3O.HI/c1-11-9-21(6-7-22-11)15(19)20-10-16(2,3)13-5-4-12(18)8-14(13)17;/h4-5,8,11H,6-7,9-10H2,1-3H3,(H2,19,20);1H. The summed E-state index contributed by atoms with van der Waals surface area (Å²) >= 11 is 6.15. The number of hydrogen-bond donors (Lipinski definition) is 1. The van der Waals surface area contributed by atoms with Crippen LogP contribution < -0.4 is 5.73 Å². The minimum atomic E-state index is -0.338. The number of nitrogens with zero attached hydrogens (tertiary/aromatic N) is 2. The molecule has 1 atom stereocenters. The zero-order valence-corrected chi connectivity index (χ0v) is 16.8. The highest BCUT2D eigenvalue weighted by Gasteiger charge is 2.24. The quantitative estimate of drug-likeness (QED) is 0.432. The fraction of sp³-hybridized carbons (Fsp3) is 0.562. The Kier molecular flexibility index (Phi) is 7.54. The lowest BCUT2D eigenvalue weighted by molar-refractivity contribution is 0.00527. The number of rotatable bonds is 3. The Morgan fingerprint density at radius 3 is 2.83 bits per heavy atom. The maximum Gasteiger partial charge on any atom is 0.191 e. The molecule has 1 aliphatic rings. The molecule has 4 nitrogen and oxygen atoms in total. The second kappa shape index (κ2) is 8.48. The van der Waals surface area contributed by atoms with Crippen LogP contribution >= 0.6 is 35.6 Å². The number of ether oxygens (including phenoxy) is 1. The van der Waals surface area contributed by atoms with Crippen molar-refractivity contribution in [3.8, 4) is 0 Å². The van der Waals surface area contributed by atoms with E-state index in [4.69, 9.17) is 22.1 Å². The number of aliphatic imine (C=N–C) groups is 1. The van der Waals surface area contributed by atoms with E-state index in [0.29, 0.717) is 24.1 Å². The highest BCUT2D eigenvalue weighted by molar-refractivity contribution is 14.0. The molecule has 2 rings (SSSR count). The third-order valence-electron chi connectivity index (χ3n) is 3.86. The van der Waals surface area contributed by atoms with Crippen molar-refractivity contribution in [3.05, 3.63) is 34.6 Å². The molecule has 1 aromatic rings. The molecule has 1 fully saturated rings. The Bertz CT molecular complexity index is 568. The lowest BCUT2D eigenvalue weighted by Crippen LogP contribution is -2.48. The number of guanidine groups is 1. The fourth-order valence-electron chi connectivity index (χ4n) is 2.53. The Morgan fingerprint density at radius 2 is 2.22 bits per heavy atom. The van der Waals surface area contributed by atoms with Crippen LogP contribution in [0.4, 0.5) is 4.39 Å². The maximum absolute atomic E-state index is 13.2. The van der Waals surface area contributed by atoms with Gasteiger partial charge in [-0.3, -0.25) is 4.99 Å². The van der Waals surface area contributed by atoms with Gasteiger partial charge in [-0.1, -0.05) is 31.5 Å². The summed E-state index contributed by atoms with van der Waals surface area (Å²) in [6.45, 7) is 8.68. The maximum atomic E-state index is 13.2. The van der Waals surface area contributed by atoms with E-state index in [0.717, 1.165) is 18.7 Å². The largest absolute Gasteiger partial charge is 0.375 e. The Hall–Kier alpha value is -0.600. The Labute approximate surface area is 159 Å². The van der Waals surface area contributed by atoms with Gasteiger partial charge in [-0.25, -0.2) is 4.39 Å². The first-order valence-corrected chi connectivity index (χ1v) is 7.79. The van der Waals surface area contributed by atoms with Crippen LogP contribution in [0.25, 0.3) is 0 Å². The molecule has 1 aliphatic heterocycles. The van der Waals surface area contributed by atoms with Gasteiger partial charge in [0.25, 0.3) is 0 Å². The minimum absolute atomic E-state index is 0. The smallest absolute Gasteiger partial charge is 0.191 e. The molecule has 1 saturated heterocycles. The van der Waals surface area contributed by atoms with E-state index in [2.05, 4.69) is 4.99 Å². The SMILES string of the molecule is CC1CN(C(N)=NCC(C)(C)c2ccc(F)cc2Cl)CCO1.I. The monoisotopic (exact) mass is 455 g/mol. The van der Waals surface area contributed by atoms with Gasteiger partial charge in [0, 0.05) is 23.5 Å². The summed E-state index contributed by atoms with van der Waals surface area (Å²) < 4.78 is 18.7. The van der Waals surface area contributed by atoms with Gasteiger partial charge >= 0.3 is 0 Å². The molecule has 23 heavy (non-hydrogen) atoms. The van der Waals surface area contributed by atoms with Crippen molar-refractivity contribution in [3.63, 3.8) is 0 Å². The van der Waals surface area contributed by atoms with Crippen LogP contribution in [0.15, 0.2) is 23.2 Å². The second-order valence-corrected chi connectivity index (χ2v) is 6.72. The van der Waals surface area contributed by atoms with Crippen molar-refractivity contribution in [1.82, 2.24) is 4.90 Å². The molecule has 130 valence electrons. The van der Waals surface area contributed by atoms with Crippen LogP contribution in [0.2, 0.25) is 5.02 Å². The normalized spacial score (nSPS) is 19.4. The molecular formula is C16H24ClFIN3O. The van der Waals surface area contributed by atoms with Crippen molar-refractivity contribution in [2.75, 3.05) is 26.2 Å². The number of morpholine rings is 1. The summed E-state index contributed by atoms with van der Waals surface area (Å²) in [5, 5.41) is 0.416. The van der Waals surface area contributed by atoms with Crippen LogP contribution in [0.5, 0.6) is 0 Å². The molecule has 0 bridgehead atoms. The van der Waals surface area contributed by atoms with Gasteiger partial charge in [-0.2, -0.15) is 0 Å². The van der Waals surface area contributed by atoms with E-state index in [-0.39, 0.29) is 41.3 Å². The minimum Gasteiger partial charge on any atom is -0.375 e. The van der Waals surface area contributed by atoms with E-state index in [9.17, 15) is 4.39 Å². The molecule has 7 heteroatoms. The van der Waals surface area contributed by atoms with Gasteiger partial charge in [0.1, 0.15) is 5.82 Å². The first-order valence-electron chi connectivity index (χ1n) is 7.41. The zero-order valence-electron chi connectivity index (χ0n) is 13.7. The van der Waals surface area contributed by atoms with E-state index < -0.39 is 0 Å². The Balaban J connectivity index is 0.00000264. The number of hydrogen-bond acceptors (Lipinski definition) is 2. The molecule has 0 radical (unpaired) electrons. The lowest BCUT2D eigenvalue weighted by atomic mass is 9.84. The molecule has 1 aromatic carbocycles. The zero-order chi connectivity index (χ0) is 16.3. The third-order valence-corrected chi connectivity index (χ3v) is 4.17. The van der Waals surface area contributed by atoms with E-state index >= 15 is 0 Å². The number of benzene rings is 1. The first-order chi connectivity index (χ1) is 10.3. The van der Waals surface area contributed by atoms with Crippen LogP contribution in [0.1, 0.15) is 26.3 Å². The number of halogens is 3. The van der Waals surface area contributed by atoms with Crippen molar-refractivity contribution in [2.24, 2.45) is 10.7 Å². The molecule has 1 heterocycles. The van der Waals surface area contributed by atoms with Gasteiger partial charge < -0.3 is 15.4 Å². The molecular weight excluding hydrogens is 432 g/mol. The van der Waals surface area contributed by atoms with E-state index in [1.165, 1.54) is 12.1 Å². The third kappa shape index (κ3) is 5.46. The molecule has 0 amide bonds. The highest BCUT2D eigenvalue weighted by Crippen LogP contribution is 2.30. The molecule has 0 aliphatic carbocycles. The summed E-state index contributed by atoms with van der Waals surface area (Å²) in [7, 11) is 0. The van der Waals surface area contributed by atoms with Crippen molar-refractivity contribution in [1.29, 1.82) is 0 Å². The van der Waals surface area contributed by atoms with Gasteiger partial charge in [0.05, 0.1) is 19.3 Å². The van der Waals surface area contributed by atoms with Gasteiger partial charge in [-0.05, 0) is 24.6 Å². The van der Waals surface area contributed by atoms with E-state index in [1.54, 1.807) is 6.07 Å². The van der Waals surface area contributed by atoms with Crippen molar-refractivity contribution in [2.45, 2.75) is 32.3 Å². The van der Waals surface area contributed by atoms with E-state index in [1.807, 2.05) is 25.7 Å². The number of nitrogens with two attached hydrogens (primary N) is 1. The topological polar surface area (TPSA) is 50.8 Å². The van der Waals surface area contributed by atoms with Crippen LogP contribution in [-0.4, -0.2) is 43.2 Å².